The standard InChI is InChI=1S/C15H24N2O2/c1-4-8-16-10-13-9-12(3)6-7-14(13)19-11-15(18)17-5-2/h6-7,9,16H,4-5,8,10-11H2,1-3H3,(H,17,18). The molecule has 0 atom stereocenters. The molecule has 4 nitrogen and oxygen atoms in total. The smallest absolute Gasteiger partial charge is 0.257 e. The van der Waals surface area contributed by atoms with Crippen LogP contribution in [0, 0.1) is 6.92 Å². The van der Waals surface area contributed by atoms with Gasteiger partial charge in [0.25, 0.3) is 5.91 Å². The molecule has 0 aliphatic heterocycles. The number of nitrogens with one attached hydrogen (secondary N) is 2. The number of ether oxygens (including phenoxy) is 1. The zero-order chi connectivity index (χ0) is 14.1. The van der Waals surface area contributed by atoms with Gasteiger partial charge >= 0.3 is 0 Å². The van der Waals surface area contributed by atoms with Gasteiger partial charge in [-0.05, 0) is 32.9 Å². The Morgan fingerprint density at radius 3 is 2.79 bits per heavy atom. The molecule has 0 fully saturated rings. The van der Waals surface area contributed by atoms with Crippen LogP contribution in [0.5, 0.6) is 5.75 Å². The lowest BCUT2D eigenvalue weighted by molar-refractivity contribution is -0.122. The van der Waals surface area contributed by atoms with Gasteiger partial charge in [0.05, 0.1) is 0 Å². The van der Waals surface area contributed by atoms with Crippen molar-refractivity contribution in [3.05, 3.63) is 29.3 Å². The number of hydrogen-bond donors (Lipinski definition) is 2. The van der Waals surface area contributed by atoms with Crippen LogP contribution in [0.4, 0.5) is 0 Å². The number of rotatable bonds is 8. The first-order valence-corrected chi connectivity index (χ1v) is 6.87. The van der Waals surface area contributed by atoms with Gasteiger partial charge in [0.15, 0.2) is 6.61 Å². The van der Waals surface area contributed by atoms with E-state index >= 15 is 0 Å². The lowest BCUT2D eigenvalue weighted by Gasteiger charge is -2.12. The number of likely N-dealkylation sites (N-methyl/N-ethyl adjacent to an activating group) is 1. The first-order valence-electron chi connectivity index (χ1n) is 6.87. The second kappa shape index (κ2) is 8.53. The van der Waals surface area contributed by atoms with Gasteiger partial charge in [0.2, 0.25) is 0 Å². The Balaban J connectivity index is 2.62. The predicted octanol–water partition coefficient (Wildman–Crippen LogP) is 2.01. The molecule has 106 valence electrons. The first-order chi connectivity index (χ1) is 9.17. The van der Waals surface area contributed by atoms with E-state index in [4.69, 9.17) is 4.74 Å². The summed E-state index contributed by atoms with van der Waals surface area (Å²) in [5, 5.41) is 6.07. The highest BCUT2D eigenvalue weighted by Crippen LogP contribution is 2.19. The Kier molecular flexibility index (Phi) is 6.97. The molecular weight excluding hydrogens is 240 g/mol. The monoisotopic (exact) mass is 264 g/mol. The second-order valence-electron chi connectivity index (χ2n) is 4.53. The average Bonchev–Trinajstić information content (AvgIpc) is 2.38. The Hall–Kier alpha value is -1.55. The molecule has 19 heavy (non-hydrogen) atoms. The molecule has 0 radical (unpaired) electrons. The molecule has 4 heteroatoms. The SMILES string of the molecule is CCCNCc1cc(C)ccc1OCC(=O)NCC. The van der Waals surface area contributed by atoms with Crippen molar-refractivity contribution in [2.45, 2.75) is 33.7 Å². The van der Waals surface area contributed by atoms with Gasteiger partial charge in [-0.15, -0.1) is 0 Å². The van der Waals surface area contributed by atoms with Crippen LogP contribution in [0.15, 0.2) is 18.2 Å². The zero-order valence-corrected chi connectivity index (χ0v) is 12.1. The summed E-state index contributed by atoms with van der Waals surface area (Å²) in [6.07, 6.45) is 1.10. The molecule has 2 N–H and O–H groups in total. The second-order valence-corrected chi connectivity index (χ2v) is 4.53. The maximum absolute atomic E-state index is 11.4. The number of hydrogen-bond acceptors (Lipinski definition) is 3. The van der Waals surface area contributed by atoms with Crippen molar-refractivity contribution < 1.29 is 9.53 Å². The van der Waals surface area contributed by atoms with Crippen molar-refractivity contribution >= 4 is 5.91 Å². The molecule has 0 saturated heterocycles. The molecule has 0 spiro atoms. The maximum atomic E-state index is 11.4. The minimum absolute atomic E-state index is 0.0671. The van der Waals surface area contributed by atoms with Gasteiger partial charge in [0, 0.05) is 18.7 Å². The molecule has 0 unspecified atom stereocenters. The first kappa shape index (κ1) is 15.5. The van der Waals surface area contributed by atoms with Crippen LogP contribution in [0.3, 0.4) is 0 Å². The van der Waals surface area contributed by atoms with Gasteiger partial charge in [-0.3, -0.25) is 4.79 Å². The highest BCUT2D eigenvalue weighted by atomic mass is 16.5. The van der Waals surface area contributed by atoms with Crippen LogP contribution in [-0.2, 0) is 11.3 Å². The number of amides is 1. The minimum Gasteiger partial charge on any atom is -0.483 e. The van der Waals surface area contributed by atoms with E-state index in [9.17, 15) is 4.79 Å². The Morgan fingerprint density at radius 1 is 1.32 bits per heavy atom. The number of aryl methyl sites for hydroxylation is 1. The van der Waals surface area contributed by atoms with Gasteiger partial charge in [-0.25, -0.2) is 0 Å². The zero-order valence-electron chi connectivity index (χ0n) is 12.1. The van der Waals surface area contributed by atoms with Gasteiger partial charge < -0.3 is 15.4 Å². The summed E-state index contributed by atoms with van der Waals surface area (Å²) >= 11 is 0. The third kappa shape index (κ3) is 5.75. The van der Waals surface area contributed by atoms with Crippen LogP contribution >= 0.6 is 0 Å². The van der Waals surface area contributed by atoms with Crippen LogP contribution in [0.2, 0.25) is 0 Å². The van der Waals surface area contributed by atoms with Crippen molar-refractivity contribution in [2.75, 3.05) is 19.7 Å². The number of carbonyl (C=O) groups is 1. The lowest BCUT2D eigenvalue weighted by atomic mass is 10.1. The van der Waals surface area contributed by atoms with E-state index in [-0.39, 0.29) is 12.5 Å². The maximum Gasteiger partial charge on any atom is 0.257 e. The normalized spacial score (nSPS) is 10.3. The van der Waals surface area contributed by atoms with Crippen molar-refractivity contribution in [2.24, 2.45) is 0 Å². The van der Waals surface area contributed by atoms with Crippen LogP contribution in [0.1, 0.15) is 31.4 Å². The van der Waals surface area contributed by atoms with Crippen LogP contribution < -0.4 is 15.4 Å². The number of carbonyl (C=O) groups excluding carboxylic acids is 1. The molecule has 0 aliphatic carbocycles. The fraction of sp³-hybridized carbons (Fsp3) is 0.533. The topological polar surface area (TPSA) is 50.4 Å². The van der Waals surface area contributed by atoms with Crippen molar-refractivity contribution in [1.29, 1.82) is 0 Å². The summed E-state index contributed by atoms with van der Waals surface area (Å²) in [5.41, 5.74) is 2.29. The largest absolute Gasteiger partial charge is 0.483 e. The van der Waals surface area contributed by atoms with Crippen molar-refractivity contribution in [3.8, 4) is 5.75 Å². The van der Waals surface area contributed by atoms with E-state index in [0.29, 0.717) is 6.54 Å². The third-order valence-electron chi connectivity index (χ3n) is 2.69. The Morgan fingerprint density at radius 2 is 2.11 bits per heavy atom. The molecule has 0 heterocycles. The average molecular weight is 264 g/mol. The molecular formula is C15H24N2O2. The molecule has 0 aromatic heterocycles. The summed E-state index contributed by atoms with van der Waals surface area (Å²) in [5.74, 6) is 0.691. The highest BCUT2D eigenvalue weighted by molar-refractivity contribution is 5.77. The van der Waals surface area contributed by atoms with E-state index < -0.39 is 0 Å². The highest BCUT2D eigenvalue weighted by Gasteiger charge is 2.06. The summed E-state index contributed by atoms with van der Waals surface area (Å²) < 4.78 is 5.59. The molecule has 1 aromatic carbocycles. The quantitative estimate of drug-likeness (QED) is 0.706. The summed E-state index contributed by atoms with van der Waals surface area (Å²) in [6.45, 7) is 8.51. The fourth-order valence-corrected chi connectivity index (χ4v) is 1.78. The molecule has 0 bridgehead atoms. The molecule has 0 aliphatic rings. The van der Waals surface area contributed by atoms with E-state index in [1.165, 1.54) is 5.56 Å². The summed E-state index contributed by atoms with van der Waals surface area (Å²) in [7, 11) is 0. The van der Waals surface area contributed by atoms with E-state index in [2.05, 4.69) is 30.5 Å². The Bertz CT molecular complexity index is 405. The summed E-state index contributed by atoms with van der Waals surface area (Å²) in [6, 6.07) is 6.02. The van der Waals surface area contributed by atoms with E-state index in [1.807, 2.05) is 19.1 Å². The molecule has 1 aromatic rings. The van der Waals surface area contributed by atoms with Gasteiger partial charge in [0.1, 0.15) is 5.75 Å². The predicted molar refractivity (Wildman–Crippen MR) is 77.4 cm³/mol. The van der Waals surface area contributed by atoms with Gasteiger partial charge in [-0.1, -0.05) is 24.6 Å². The third-order valence-corrected chi connectivity index (χ3v) is 2.69. The molecule has 0 saturated carbocycles. The summed E-state index contributed by atoms with van der Waals surface area (Å²) in [4.78, 5) is 11.4. The van der Waals surface area contributed by atoms with Crippen molar-refractivity contribution in [1.82, 2.24) is 10.6 Å². The number of benzene rings is 1. The van der Waals surface area contributed by atoms with E-state index in [1.54, 1.807) is 0 Å². The molecule has 1 amide bonds. The van der Waals surface area contributed by atoms with Crippen LogP contribution in [0.25, 0.3) is 0 Å². The fourth-order valence-electron chi connectivity index (χ4n) is 1.78. The minimum atomic E-state index is -0.0875. The van der Waals surface area contributed by atoms with Crippen molar-refractivity contribution in [3.63, 3.8) is 0 Å². The Labute approximate surface area is 115 Å². The molecule has 1 rings (SSSR count). The van der Waals surface area contributed by atoms with Gasteiger partial charge in [-0.2, -0.15) is 0 Å². The lowest BCUT2D eigenvalue weighted by Crippen LogP contribution is -2.28. The van der Waals surface area contributed by atoms with E-state index in [0.717, 1.165) is 30.8 Å². The van der Waals surface area contributed by atoms with Crippen LogP contribution in [-0.4, -0.2) is 25.6 Å².